The SMILES string of the molecule is CO[C@H](C)[C@H]1C(=O)Nc2c(C)nc(CCc3cnn(Cc4ccccc4F)c3)nc2N1C. The van der Waals surface area contributed by atoms with Gasteiger partial charge in [0.25, 0.3) is 0 Å². The fourth-order valence-corrected chi connectivity index (χ4v) is 3.97. The zero-order valence-corrected chi connectivity index (χ0v) is 18.7. The summed E-state index contributed by atoms with van der Waals surface area (Å²) >= 11 is 0. The van der Waals surface area contributed by atoms with Crippen molar-refractivity contribution in [1.29, 1.82) is 0 Å². The third kappa shape index (κ3) is 4.34. The molecule has 1 N–H and O–H groups in total. The summed E-state index contributed by atoms with van der Waals surface area (Å²) in [7, 11) is 3.44. The molecule has 0 radical (unpaired) electrons. The van der Waals surface area contributed by atoms with Gasteiger partial charge in [-0.1, -0.05) is 18.2 Å². The number of nitrogens with zero attached hydrogens (tertiary/aromatic N) is 5. The number of nitrogens with one attached hydrogen (secondary N) is 1. The fraction of sp³-hybridized carbons (Fsp3) is 0.391. The van der Waals surface area contributed by atoms with Crippen LogP contribution in [0.4, 0.5) is 15.9 Å². The Bertz CT molecular complexity index is 1130. The molecule has 0 bridgehead atoms. The van der Waals surface area contributed by atoms with Crippen molar-refractivity contribution in [3.05, 3.63) is 65.1 Å². The molecule has 168 valence electrons. The molecule has 4 rings (SSSR count). The highest BCUT2D eigenvalue weighted by Gasteiger charge is 2.37. The zero-order chi connectivity index (χ0) is 22.8. The maximum absolute atomic E-state index is 13.9. The summed E-state index contributed by atoms with van der Waals surface area (Å²) in [5.41, 5.74) is 2.98. The van der Waals surface area contributed by atoms with Crippen LogP contribution in [0.3, 0.4) is 0 Å². The van der Waals surface area contributed by atoms with Crippen molar-refractivity contribution in [3.63, 3.8) is 0 Å². The summed E-state index contributed by atoms with van der Waals surface area (Å²) in [4.78, 5) is 23.7. The molecule has 2 atom stereocenters. The average molecular weight is 439 g/mol. The molecule has 0 saturated heterocycles. The monoisotopic (exact) mass is 438 g/mol. The average Bonchev–Trinajstić information content (AvgIpc) is 3.22. The molecule has 0 aliphatic carbocycles. The molecule has 3 heterocycles. The number of aryl methyl sites for hydroxylation is 3. The van der Waals surface area contributed by atoms with Crippen molar-refractivity contribution in [2.45, 2.75) is 45.4 Å². The van der Waals surface area contributed by atoms with Gasteiger partial charge in [0, 0.05) is 32.3 Å². The highest BCUT2D eigenvalue weighted by atomic mass is 19.1. The number of aromatic nitrogens is 4. The summed E-state index contributed by atoms with van der Waals surface area (Å²) in [5.74, 6) is 1.02. The molecule has 1 aliphatic heterocycles. The Labute approximate surface area is 186 Å². The Morgan fingerprint density at radius 2 is 2.03 bits per heavy atom. The number of hydrogen-bond acceptors (Lipinski definition) is 6. The molecule has 0 fully saturated rings. The van der Waals surface area contributed by atoms with E-state index in [-0.39, 0.29) is 17.8 Å². The number of anilines is 2. The predicted molar refractivity (Wildman–Crippen MR) is 119 cm³/mol. The minimum Gasteiger partial charge on any atom is -0.379 e. The molecule has 32 heavy (non-hydrogen) atoms. The lowest BCUT2D eigenvalue weighted by Crippen LogP contribution is -2.53. The Hall–Kier alpha value is -3.33. The lowest BCUT2D eigenvalue weighted by atomic mass is 10.1. The van der Waals surface area contributed by atoms with Crippen LogP contribution in [0.2, 0.25) is 0 Å². The molecule has 0 spiro atoms. The Balaban J connectivity index is 1.48. The van der Waals surface area contributed by atoms with Gasteiger partial charge in [0.1, 0.15) is 23.4 Å². The van der Waals surface area contributed by atoms with Crippen LogP contribution in [-0.2, 0) is 28.9 Å². The van der Waals surface area contributed by atoms with E-state index in [0.29, 0.717) is 42.3 Å². The highest BCUT2D eigenvalue weighted by molar-refractivity contribution is 6.03. The minimum atomic E-state index is -0.466. The van der Waals surface area contributed by atoms with Crippen molar-refractivity contribution >= 4 is 17.4 Å². The predicted octanol–water partition coefficient (Wildman–Crippen LogP) is 2.75. The second-order valence-electron chi connectivity index (χ2n) is 8.05. The maximum Gasteiger partial charge on any atom is 0.249 e. The normalized spacial score (nSPS) is 16.6. The number of amides is 1. The Morgan fingerprint density at radius 3 is 2.78 bits per heavy atom. The van der Waals surface area contributed by atoms with E-state index in [4.69, 9.17) is 9.72 Å². The first-order chi connectivity index (χ1) is 15.4. The van der Waals surface area contributed by atoms with Gasteiger partial charge in [0.2, 0.25) is 5.91 Å². The zero-order valence-electron chi connectivity index (χ0n) is 18.7. The lowest BCUT2D eigenvalue weighted by Gasteiger charge is -2.37. The first kappa shape index (κ1) is 21.9. The topological polar surface area (TPSA) is 85.2 Å². The minimum absolute atomic E-state index is 0.129. The molecule has 0 saturated carbocycles. The number of carbonyl (C=O) groups is 1. The number of rotatable bonds is 7. The molecule has 0 unspecified atom stereocenters. The van der Waals surface area contributed by atoms with Gasteiger partial charge >= 0.3 is 0 Å². The summed E-state index contributed by atoms with van der Waals surface area (Å²) < 4.78 is 21.0. The summed E-state index contributed by atoms with van der Waals surface area (Å²) in [6.45, 7) is 4.11. The van der Waals surface area contributed by atoms with E-state index < -0.39 is 6.04 Å². The van der Waals surface area contributed by atoms with Gasteiger partial charge in [-0.2, -0.15) is 5.10 Å². The summed E-state index contributed by atoms with van der Waals surface area (Å²) in [5, 5.41) is 7.28. The third-order valence-electron chi connectivity index (χ3n) is 5.82. The van der Waals surface area contributed by atoms with Crippen molar-refractivity contribution in [3.8, 4) is 0 Å². The van der Waals surface area contributed by atoms with E-state index in [1.807, 2.05) is 38.1 Å². The Morgan fingerprint density at radius 1 is 1.25 bits per heavy atom. The quantitative estimate of drug-likeness (QED) is 0.611. The van der Waals surface area contributed by atoms with Crippen molar-refractivity contribution < 1.29 is 13.9 Å². The van der Waals surface area contributed by atoms with Crippen LogP contribution < -0.4 is 10.2 Å². The second-order valence-corrected chi connectivity index (χ2v) is 8.05. The number of methoxy groups -OCH3 is 1. The van der Waals surface area contributed by atoms with Crippen LogP contribution in [0, 0.1) is 12.7 Å². The number of carbonyl (C=O) groups excluding carboxylic acids is 1. The van der Waals surface area contributed by atoms with Crippen LogP contribution in [-0.4, -0.2) is 52.0 Å². The summed E-state index contributed by atoms with van der Waals surface area (Å²) in [6.07, 6.45) is 4.73. The molecular formula is C23H27FN6O2. The van der Waals surface area contributed by atoms with E-state index >= 15 is 0 Å². The van der Waals surface area contributed by atoms with Gasteiger partial charge in [-0.25, -0.2) is 14.4 Å². The van der Waals surface area contributed by atoms with E-state index in [2.05, 4.69) is 15.4 Å². The van der Waals surface area contributed by atoms with Gasteiger partial charge in [-0.05, 0) is 31.9 Å². The molecule has 9 heteroatoms. The van der Waals surface area contributed by atoms with Crippen LogP contribution in [0.1, 0.15) is 29.6 Å². The number of halogens is 1. The highest BCUT2D eigenvalue weighted by Crippen LogP contribution is 2.32. The molecule has 1 aromatic carbocycles. The molecule has 2 aromatic heterocycles. The maximum atomic E-state index is 13.9. The van der Waals surface area contributed by atoms with E-state index in [0.717, 1.165) is 11.3 Å². The van der Waals surface area contributed by atoms with Crippen LogP contribution in [0.5, 0.6) is 0 Å². The first-order valence-electron chi connectivity index (χ1n) is 10.6. The van der Waals surface area contributed by atoms with Crippen molar-refractivity contribution in [2.24, 2.45) is 0 Å². The van der Waals surface area contributed by atoms with Gasteiger partial charge in [0.15, 0.2) is 5.82 Å². The fourth-order valence-electron chi connectivity index (χ4n) is 3.97. The summed E-state index contributed by atoms with van der Waals surface area (Å²) in [6, 6.07) is 6.23. The number of benzene rings is 1. The van der Waals surface area contributed by atoms with E-state index in [1.165, 1.54) is 6.07 Å². The Kier molecular flexibility index (Phi) is 6.18. The second kappa shape index (κ2) is 9.04. The first-order valence-corrected chi connectivity index (χ1v) is 10.6. The largest absolute Gasteiger partial charge is 0.379 e. The third-order valence-corrected chi connectivity index (χ3v) is 5.82. The number of hydrogen-bond donors (Lipinski definition) is 1. The van der Waals surface area contributed by atoms with Crippen LogP contribution in [0.25, 0.3) is 0 Å². The molecule has 1 aliphatic rings. The van der Waals surface area contributed by atoms with Crippen LogP contribution >= 0.6 is 0 Å². The molecule has 8 nitrogen and oxygen atoms in total. The lowest BCUT2D eigenvalue weighted by molar-refractivity contribution is -0.120. The van der Waals surface area contributed by atoms with Crippen molar-refractivity contribution in [1.82, 2.24) is 19.7 Å². The molecule has 3 aromatic rings. The van der Waals surface area contributed by atoms with Gasteiger partial charge < -0.3 is 15.0 Å². The smallest absolute Gasteiger partial charge is 0.249 e. The molecular weight excluding hydrogens is 411 g/mol. The number of ether oxygens (including phenoxy) is 1. The number of likely N-dealkylation sites (N-methyl/N-ethyl adjacent to an activating group) is 1. The van der Waals surface area contributed by atoms with E-state index in [9.17, 15) is 9.18 Å². The van der Waals surface area contributed by atoms with Gasteiger partial charge in [0.05, 0.1) is 24.5 Å². The van der Waals surface area contributed by atoms with Gasteiger partial charge in [-0.15, -0.1) is 0 Å². The van der Waals surface area contributed by atoms with Gasteiger partial charge in [-0.3, -0.25) is 9.48 Å². The van der Waals surface area contributed by atoms with E-state index in [1.54, 1.807) is 30.1 Å². The molecule has 1 amide bonds. The standard InChI is InChI=1S/C23H27FN6O2/c1-14-20-22(29(3)21(15(2)32-4)23(31)28-20)27-19(26-14)10-9-16-11-25-30(12-16)13-17-7-5-6-8-18(17)24/h5-8,11-12,15,21H,9-10,13H2,1-4H3,(H,28,31)/t15-,21+/m1/s1. The van der Waals surface area contributed by atoms with Crippen LogP contribution in [0.15, 0.2) is 36.7 Å². The number of fused-ring (bicyclic) bond motifs is 1. The van der Waals surface area contributed by atoms with Crippen molar-refractivity contribution in [2.75, 3.05) is 24.4 Å².